The Bertz CT molecular complexity index is 1150. The number of amides is 2. The van der Waals surface area contributed by atoms with Crippen LogP contribution in [0.25, 0.3) is 10.9 Å². The van der Waals surface area contributed by atoms with E-state index < -0.39 is 5.91 Å². The third-order valence-electron chi connectivity index (χ3n) is 5.30. The molecule has 32 heavy (non-hydrogen) atoms. The number of anilines is 2. The van der Waals surface area contributed by atoms with Gasteiger partial charge in [0.2, 0.25) is 5.91 Å². The second-order valence-electron chi connectivity index (χ2n) is 7.36. The van der Waals surface area contributed by atoms with E-state index in [4.69, 9.17) is 15.2 Å². The number of carbonyl (C=O) groups excluding carboxylic acids is 2. The number of nitrogens with zero attached hydrogens (tertiary/aromatic N) is 2. The minimum atomic E-state index is -0.586. The molecule has 3 N–H and O–H groups in total. The normalized spacial score (nSPS) is 10.6. The maximum absolute atomic E-state index is 12.2. The minimum absolute atomic E-state index is 0.0459. The SMILES string of the molecule is CCc1ccccc1Nc1c(C(N)=O)cnc2cc(OC)c(OCCN(C)C(C)=O)cc12. The van der Waals surface area contributed by atoms with Crippen molar-refractivity contribution >= 4 is 34.1 Å². The van der Waals surface area contributed by atoms with Gasteiger partial charge in [-0.2, -0.15) is 0 Å². The summed E-state index contributed by atoms with van der Waals surface area (Å²) in [5.41, 5.74) is 9.08. The lowest BCUT2D eigenvalue weighted by Crippen LogP contribution is -2.28. The number of methoxy groups -OCH3 is 1. The number of nitrogens with one attached hydrogen (secondary N) is 1. The van der Waals surface area contributed by atoms with Crippen molar-refractivity contribution in [3.8, 4) is 11.5 Å². The number of hydrogen-bond donors (Lipinski definition) is 2. The summed E-state index contributed by atoms with van der Waals surface area (Å²) < 4.78 is 11.4. The highest BCUT2D eigenvalue weighted by atomic mass is 16.5. The van der Waals surface area contributed by atoms with E-state index in [1.807, 2.05) is 24.3 Å². The van der Waals surface area contributed by atoms with Gasteiger partial charge >= 0.3 is 0 Å². The number of ether oxygens (including phenoxy) is 2. The Morgan fingerprint density at radius 3 is 2.59 bits per heavy atom. The van der Waals surface area contributed by atoms with Gasteiger partial charge in [0.05, 0.1) is 30.4 Å². The van der Waals surface area contributed by atoms with E-state index in [9.17, 15) is 9.59 Å². The molecule has 0 aliphatic rings. The van der Waals surface area contributed by atoms with Crippen molar-refractivity contribution in [3.05, 3.63) is 53.7 Å². The number of pyridine rings is 1. The molecule has 0 bridgehead atoms. The van der Waals surface area contributed by atoms with Crippen LogP contribution in [0.2, 0.25) is 0 Å². The molecule has 0 aliphatic carbocycles. The molecule has 8 nitrogen and oxygen atoms in total. The maximum atomic E-state index is 12.2. The van der Waals surface area contributed by atoms with Crippen molar-refractivity contribution in [3.63, 3.8) is 0 Å². The highest BCUT2D eigenvalue weighted by Gasteiger charge is 2.18. The predicted molar refractivity (Wildman–Crippen MR) is 125 cm³/mol. The largest absolute Gasteiger partial charge is 0.493 e. The average molecular weight is 437 g/mol. The van der Waals surface area contributed by atoms with Gasteiger partial charge in [0.25, 0.3) is 5.91 Å². The first-order chi connectivity index (χ1) is 15.3. The number of likely N-dealkylation sites (N-methyl/N-ethyl adjacent to an activating group) is 1. The number of fused-ring (bicyclic) bond motifs is 1. The maximum Gasteiger partial charge on any atom is 0.252 e. The molecule has 8 heteroatoms. The van der Waals surface area contributed by atoms with Crippen molar-refractivity contribution in [2.24, 2.45) is 5.73 Å². The quantitative estimate of drug-likeness (QED) is 0.532. The Kier molecular flexibility index (Phi) is 7.14. The third kappa shape index (κ3) is 4.91. The number of carbonyl (C=O) groups is 2. The molecule has 0 spiro atoms. The summed E-state index contributed by atoms with van der Waals surface area (Å²) >= 11 is 0. The average Bonchev–Trinajstić information content (AvgIpc) is 2.78. The zero-order chi connectivity index (χ0) is 23.3. The molecular formula is C24H28N4O4. The van der Waals surface area contributed by atoms with E-state index in [2.05, 4.69) is 17.2 Å². The molecule has 0 unspecified atom stereocenters. The second kappa shape index (κ2) is 10.00. The van der Waals surface area contributed by atoms with Crippen LogP contribution in [0.5, 0.6) is 11.5 Å². The summed E-state index contributed by atoms with van der Waals surface area (Å²) in [5.74, 6) is 0.349. The van der Waals surface area contributed by atoms with Crippen LogP contribution >= 0.6 is 0 Å². The number of para-hydroxylation sites is 1. The van der Waals surface area contributed by atoms with Crippen LogP contribution in [0.4, 0.5) is 11.4 Å². The second-order valence-corrected chi connectivity index (χ2v) is 7.36. The third-order valence-corrected chi connectivity index (χ3v) is 5.30. The van der Waals surface area contributed by atoms with Gasteiger partial charge in [0.15, 0.2) is 11.5 Å². The number of primary amides is 1. The topological polar surface area (TPSA) is 107 Å². The summed E-state index contributed by atoms with van der Waals surface area (Å²) in [6, 6.07) is 11.4. The van der Waals surface area contributed by atoms with Gasteiger partial charge in [-0.1, -0.05) is 25.1 Å². The fourth-order valence-corrected chi connectivity index (χ4v) is 3.33. The van der Waals surface area contributed by atoms with Gasteiger partial charge in [-0.15, -0.1) is 0 Å². The Labute approximate surface area is 187 Å². The number of rotatable bonds is 9. The van der Waals surface area contributed by atoms with Crippen molar-refractivity contribution in [2.75, 3.05) is 32.6 Å². The Morgan fingerprint density at radius 1 is 1.19 bits per heavy atom. The van der Waals surface area contributed by atoms with E-state index >= 15 is 0 Å². The molecule has 0 saturated heterocycles. The summed E-state index contributed by atoms with van der Waals surface area (Å²) in [4.78, 5) is 29.6. The first-order valence-corrected chi connectivity index (χ1v) is 10.4. The lowest BCUT2D eigenvalue weighted by molar-refractivity contribution is -0.127. The number of aryl methyl sites for hydroxylation is 1. The standard InChI is InChI=1S/C24H28N4O4/c1-5-16-8-6-7-9-19(16)27-23-17-12-22(32-11-10-28(3)15(2)29)21(31-4)13-20(17)26-14-18(23)24(25)30/h6-9,12-14H,5,10-11H2,1-4H3,(H2,25,30)(H,26,27). The van der Waals surface area contributed by atoms with Crippen molar-refractivity contribution in [1.29, 1.82) is 0 Å². The fraction of sp³-hybridized carbons (Fsp3) is 0.292. The molecule has 0 atom stereocenters. The molecule has 1 aromatic heterocycles. The van der Waals surface area contributed by atoms with Crippen LogP contribution in [0.3, 0.4) is 0 Å². The summed E-state index contributed by atoms with van der Waals surface area (Å²) in [6.45, 7) is 4.27. The van der Waals surface area contributed by atoms with E-state index in [0.29, 0.717) is 34.6 Å². The molecule has 0 saturated carbocycles. The van der Waals surface area contributed by atoms with Crippen LogP contribution in [0.1, 0.15) is 29.8 Å². The van der Waals surface area contributed by atoms with Gasteiger partial charge in [-0.3, -0.25) is 14.6 Å². The zero-order valence-corrected chi connectivity index (χ0v) is 18.8. The van der Waals surface area contributed by atoms with E-state index in [1.54, 1.807) is 31.2 Å². The van der Waals surface area contributed by atoms with Gasteiger partial charge < -0.3 is 25.4 Å². The molecule has 1 heterocycles. The van der Waals surface area contributed by atoms with E-state index in [0.717, 1.165) is 17.7 Å². The minimum Gasteiger partial charge on any atom is -0.493 e. The zero-order valence-electron chi connectivity index (χ0n) is 18.8. The number of aromatic nitrogens is 1. The highest BCUT2D eigenvalue weighted by molar-refractivity contribution is 6.08. The Morgan fingerprint density at radius 2 is 1.94 bits per heavy atom. The number of nitrogens with two attached hydrogens (primary N) is 1. The first-order valence-electron chi connectivity index (χ1n) is 10.4. The first kappa shape index (κ1) is 22.9. The van der Waals surface area contributed by atoms with Crippen LogP contribution in [-0.2, 0) is 11.2 Å². The molecule has 3 aromatic rings. The van der Waals surface area contributed by atoms with Gasteiger partial charge in [0.1, 0.15) is 6.61 Å². The molecule has 2 aromatic carbocycles. The molecule has 0 fully saturated rings. The summed E-state index contributed by atoms with van der Waals surface area (Å²) in [6.07, 6.45) is 2.29. The lowest BCUT2D eigenvalue weighted by atomic mass is 10.1. The lowest BCUT2D eigenvalue weighted by Gasteiger charge is -2.19. The van der Waals surface area contributed by atoms with Gasteiger partial charge in [0, 0.05) is 37.3 Å². The Balaban J connectivity index is 2.08. The fourth-order valence-electron chi connectivity index (χ4n) is 3.33. The van der Waals surface area contributed by atoms with Crippen LogP contribution in [-0.4, -0.2) is 49.0 Å². The van der Waals surface area contributed by atoms with Crippen LogP contribution in [0.15, 0.2) is 42.6 Å². The summed E-state index contributed by atoms with van der Waals surface area (Å²) in [5, 5.41) is 4.05. The van der Waals surface area contributed by atoms with Crippen LogP contribution in [0, 0.1) is 0 Å². The van der Waals surface area contributed by atoms with E-state index in [1.165, 1.54) is 13.1 Å². The van der Waals surface area contributed by atoms with E-state index in [-0.39, 0.29) is 18.1 Å². The van der Waals surface area contributed by atoms with Gasteiger partial charge in [-0.25, -0.2) is 0 Å². The van der Waals surface area contributed by atoms with Crippen LogP contribution < -0.4 is 20.5 Å². The molecule has 2 amide bonds. The predicted octanol–water partition coefficient (Wildman–Crippen LogP) is 3.51. The number of benzene rings is 2. The highest BCUT2D eigenvalue weighted by Crippen LogP contribution is 2.37. The number of hydrogen-bond acceptors (Lipinski definition) is 6. The van der Waals surface area contributed by atoms with Crippen molar-refractivity contribution in [1.82, 2.24) is 9.88 Å². The summed E-state index contributed by atoms with van der Waals surface area (Å²) in [7, 11) is 3.25. The van der Waals surface area contributed by atoms with Crippen molar-refractivity contribution < 1.29 is 19.1 Å². The molecular weight excluding hydrogens is 408 g/mol. The van der Waals surface area contributed by atoms with Crippen molar-refractivity contribution in [2.45, 2.75) is 20.3 Å². The van der Waals surface area contributed by atoms with Gasteiger partial charge in [-0.05, 0) is 24.1 Å². The monoisotopic (exact) mass is 436 g/mol. The Hall–Kier alpha value is -3.81. The molecule has 3 rings (SSSR count). The molecule has 0 aliphatic heterocycles. The smallest absolute Gasteiger partial charge is 0.252 e. The molecule has 168 valence electrons. The molecule has 0 radical (unpaired) electrons.